The Morgan fingerprint density at radius 1 is 1.24 bits per heavy atom. The van der Waals surface area contributed by atoms with Crippen LogP contribution in [0.1, 0.15) is 44.3 Å². The lowest BCUT2D eigenvalue weighted by molar-refractivity contribution is -0.573. The second-order valence-electron chi connectivity index (χ2n) is 7.04. The maximum Gasteiger partial charge on any atom is 0.450 e. The average molecular weight is 435 g/mol. The quantitative estimate of drug-likeness (QED) is 0.390. The van der Waals surface area contributed by atoms with Crippen LogP contribution in [0.15, 0.2) is 24.5 Å². The number of nitrogens with two attached hydrogens (primary N) is 1. The number of primary amides is 1. The molecule has 1 amide bonds. The zero-order valence-electron chi connectivity index (χ0n) is 16.5. The van der Waals surface area contributed by atoms with Gasteiger partial charge in [-0.1, -0.05) is 13.8 Å². The zero-order chi connectivity index (χ0) is 22.0. The number of nitrogens with one attached hydrogen (secondary N) is 1. The molecule has 0 bridgehead atoms. The SMILES string of the molecule is CC(C)CCC(=O)[n+]1cccc(N[C@@H](CCCSCC(=O)C(F)(F)F)C(N)=O)c1. The number of pyridine rings is 1. The first kappa shape index (κ1) is 24.9. The summed E-state index contributed by atoms with van der Waals surface area (Å²) in [5.74, 6) is -2.40. The van der Waals surface area contributed by atoms with E-state index in [1.165, 1.54) is 4.57 Å². The topological polar surface area (TPSA) is 93.1 Å². The summed E-state index contributed by atoms with van der Waals surface area (Å²) >= 11 is 0.864. The number of rotatable bonds is 12. The summed E-state index contributed by atoms with van der Waals surface area (Å²) in [6, 6.07) is 2.63. The summed E-state index contributed by atoms with van der Waals surface area (Å²) in [6.07, 6.45) is 0.243. The fourth-order valence-electron chi connectivity index (χ4n) is 2.38. The van der Waals surface area contributed by atoms with Crippen LogP contribution in [0.25, 0.3) is 0 Å². The van der Waals surface area contributed by atoms with E-state index in [4.69, 9.17) is 5.73 Å². The summed E-state index contributed by atoms with van der Waals surface area (Å²) in [6.45, 7) is 4.06. The molecule has 0 aromatic carbocycles. The molecule has 1 atom stereocenters. The van der Waals surface area contributed by atoms with E-state index in [9.17, 15) is 27.6 Å². The van der Waals surface area contributed by atoms with E-state index < -0.39 is 29.7 Å². The highest BCUT2D eigenvalue weighted by molar-refractivity contribution is 7.99. The van der Waals surface area contributed by atoms with Crippen molar-refractivity contribution >= 4 is 35.0 Å². The summed E-state index contributed by atoms with van der Waals surface area (Å²) in [4.78, 5) is 34.7. The third kappa shape index (κ3) is 9.78. The van der Waals surface area contributed by atoms with Crippen molar-refractivity contribution in [3.8, 4) is 0 Å². The predicted octanol–water partition coefficient (Wildman–Crippen LogP) is 2.96. The maximum absolute atomic E-state index is 12.2. The molecule has 29 heavy (non-hydrogen) atoms. The van der Waals surface area contributed by atoms with Crippen molar-refractivity contribution in [1.82, 2.24) is 0 Å². The van der Waals surface area contributed by atoms with E-state index in [0.29, 0.717) is 30.9 Å². The van der Waals surface area contributed by atoms with E-state index in [0.717, 1.165) is 18.2 Å². The van der Waals surface area contributed by atoms with Gasteiger partial charge < -0.3 is 11.1 Å². The molecule has 0 unspecified atom stereocenters. The van der Waals surface area contributed by atoms with Crippen LogP contribution in [0.5, 0.6) is 0 Å². The average Bonchev–Trinajstić information content (AvgIpc) is 2.63. The number of aromatic nitrogens is 1. The van der Waals surface area contributed by atoms with Crippen molar-refractivity contribution in [2.24, 2.45) is 11.7 Å². The molecule has 3 N–H and O–H groups in total. The number of Topliss-reactive ketones (excluding diaryl/α,β-unsaturated/α-hetero) is 1. The molecular formula is C19H27F3N3O3S+. The van der Waals surface area contributed by atoms with Crippen LogP contribution in [-0.2, 0) is 9.59 Å². The highest BCUT2D eigenvalue weighted by Crippen LogP contribution is 2.19. The van der Waals surface area contributed by atoms with Gasteiger partial charge in [0, 0.05) is 6.07 Å². The van der Waals surface area contributed by atoms with Crippen LogP contribution >= 0.6 is 11.8 Å². The Labute approximate surface area is 172 Å². The first-order valence-electron chi connectivity index (χ1n) is 9.29. The number of carbonyl (C=O) groups is 3. The van der Waals surface area contributed by atoms with Crippen LogP contribution in [0.2, 0.25) is 0 Å². The van der Waals surface area contributed by atoms with Crippen LogP contribution in [-0.4, -0.2) is 41.3 Å². The fourth-order valence-corrected chi connectivity index (χ4v) is 3.24. The second kappa shape index (κ2) is 11.8. The van der Waals surface area contributed by atoms with E-state index in [-0.39, 0.29) is 11.7 Å². The van der Waals surface area contributed by atoms with Crippen molar-refractivity contribution in [3.05, 3.63) is 24.5 Å². The van der Waals surface area contributed by atoms with Crippen LogP contribution in [0.3, 0.4) is 0 Å². The number of nitrogens with zero attached hydrogens (tertiary/aromatic N) is 1. The first-order chi connectivity index (χ1) is 13.5. The highest BCUT2D eigenvalue weighted by Gasteiger charge is 2.37. The summed E-state index contributed by atoms with van der Waals surface area (Å²) < 4.78 is 37.9. The largest absolute Gasteiger partial charge is 0.450 e. The van der Waals surface area contributed by atoms with Gasteiger partial charge in [0.05, 0.1) is 12.2 Å². The van der Waals surface area contributed by atoms with E-state index >= 15 is 0 Å². The number of hydrogen-bond acceptors (Lipinski definition) is 5. The van der Waals surface area contributed by atoms with E-state index in [1.54, 1.807) is 24.5 Å². The molecule has 10 heteroatoms. The molecule has 0 fully saturated rings. The number of thioether (sulfide) groups is 1. The number of anilines is 1. The number of alkyl halides is 3. The van der Waals surface area contributed by atoms with Crippen molar-refractivity contribution in [1.29, 1.82) is 0 Å². The van der Waals surface area contributed by atoms with Gasteiger partial charge in [0.15, 0.2) is 6.20 Å². The molecule has 0 saturated heterocycles. The monoisotopic (exact) mass is 434 g/mol. The molecule has 1 heterocycles. The molecule has 1 rings (SSSR count). The number of hydrogen-bond donors (Lipinski definition) is 2. The first-order valence-corrected chi connectivity index (χ1v) is 10.4. The Balaban J connectivity index is 2.55. The van der Waals surface area contributed by atoms with Gasteiger partial charge in [0.25, 0.3) is 0 Å². The number of ketones is 1. The number of amides is 1. The highest BCUT2D eigenvalue weighted by atomic mass is 32.2. The molecule has 0 spiro atoms. The Morgan fingerprint density at radius 3 is 2.52 bits per heavy atom. The molecule has 0 radical (unpaired) electrons. The van der Waals surface area contributed by atoms with Crippen molar-refractivity contribution in [2.45, 2.75) is 51.7 Å². The van der Waals surface area contributed by atoms with Gasteiger partial charge in [0.2, 0.25) is 17.9 Å². The minimum absolute atomic E-state index is 0.0660. The van der Waals surface area contributed by atoms with Gasteiger partial charge in [-0.25, -0.2) is 4.79 Å². The Morgan fingerprint density at radius 2 is 1.93 bits per heavy atom. The maximum atomic E-state index is 12.2. The molecule has 0 saturated carbocycles. The summed E-state index contributed by atoms with van der Waals surface area (Å²) in [5.41, 5.74) is 5.93. The predicted molar refractivity (Wildman–Crippen MR) is 106 cm³/mol. The molecule has 0 aliphatic heterocycles. The van der Waals surface area contributed by atoms with Gasteiger partial charge in [-0.2, -0.15) is 24.9 Å². The Kier molecular flexibility index (Phi) is 10.1. The van der Waals surface area contributed by atoms with Gasteiger partial charge in [0.1, 0.15) is 11.7 Å². The van der Waals surface area contributed by atoms with Gasteiger partial charge in [-0.05, 0) is 37.0 Å². The van der Waals surface area contributed by atoms with Gasteiger partial charge >= 0.3 is 12.1 Å². The van der Waals surface area contributed by atoms with Gasteiger partial charge in [-0.3, -0.25) is 9.59 Å². The van der Waals surface area contributed by atoms with Crippen molar-refractivity contribution < 1.29 is 32.1 Å². The third-order valence-corrected chi connectivity index (χ3v) is 5.08. The third-order valence-electron chi connectivity index (χ3n) is 4.04. The summed E-state index contributed by atoms with van der Waals surface area (Å²) in [5, 5.41) is 2.96. The Hall–Kier alpha value is -2.10. The molecule has 1 aromatic rings. The van der Waals surface area contributed by atoms with Gasteiger partial charge in [-0.15, -0.1) is 4.57 Å². The molecule has 0 aliphatic rings. The van der Waals surface area contributed by atoms with Crippen molar-refractivity contribution in [3.63, 3.8) is 0 Å². The van der Waals surface area contributed by atoms with Crippen LogP contribution in [0.4, 0.5) is 18.9 Å². The smallest absolute Gasteiger partial charge is 0.369 e. The fraction of sp³-hybridized carbons (Fsp3) is 0.579. The minimum atomic E-state index is -4.82. The van der Waals surface area contributed by atoms with E-state index in [1.807, 2.05) is 13.8 Å². The lowest BCUT2D eigenvalue weighted by Crippen LogP contribution is -2.42. The second-order valence-corrected chi connectivity index (χ2v) is 8.15. The molecule has 0 aliphatic carbocycles. The summed E-state index contributed by atoms with van der Waals surface area (Å²) in [7, 11) is 0. The van der Waals surface area contributed by atoms with E-state index in [2.05, 4.69) is 5.32 Å². The molecule has 162 valence electrons. The molecular weight excluding hydrogens is 407 g/mol. The number of carbonyl (C=O) groups excluding carboxylic acids is 3. The minimum Gasteiger partial charge on any atom is -0.369 e. The molecule has 6 nitrogen and oxygen atoms in total. The normalized spacial score (nSPS) is 12.6. The van der Waals surface area contributed by atoms with Crippen molar-refractivity contribution in [2.75, 3.05) is 16.8 Å². The lowest BCUT2D eigenvalue weighted by atomic mass is 10.1. The van der Waals surface area contributed by atoms with Crippen LogP contribution < -0.4 is 15.6 Å². The van der Waals surface area contributed by atoms with Crippen LogP contribution in [0, 0.1) is 5.92 Å². The Bertz CT molecular complexity index is 711. The zero-order valence-corrected chi connectivity index (χ0v) is 17.3. The standard InChI is InChI=1S/C19H26F3N3O3S/c1-13(2)7-8-17(27)25-9-3-5-14(11-25)24-15(18(23)28)6-4-10-29-12-16(26)19(20,21)22/h3,5,9,11,13,15,24H,4,6-8,10,12H2,1-2H3,(H-,23,28)/p+1/t15-/m0/s1. The molecule has 1 aromatic heterocycles. The lowest BCUT2D eigenvalue weighted by Gasteiger charge is -2.15. The number of halogens is 3.